The van der Waals surface area contributed by atoms with Crippen LogP contribution in [0.1, 0.15) is 47.3 Å². The number of carbonyl (C=O) groups excluding carboxylic acids is 1. The second-order valence-electron chi connectivity index (χ2n) is 9.97. The van der Waals surface area contributed by atoms with Crippen molar-refractivity contribution >= 4 is 22.9 Å². The van der Waals surface area contributed by atoms with Gasteiger partial charge in [0, 0.05) is 34.8 Å². The molecule has 5 rings (SSSR count). The number of nitrogens with one attached hydrogen (secondary N) is 2. The summed E-state index contributed by atoms with van der Waals surface area (Å²) in [4.78, 5) is 36.4. The van der Waals surface area contributed by atoms with Gasteiger partial charge in [0.1, 0.15) is 17.3 Å². The first-order chi connectivity index (χ1) is 18.8. The number of pyridine rings is 1. The lowest BCUT2D eigenvalue weighted by molar-refractivity contribution is 0.0917. The normalized spacial score (nSPS) is 15.3. The third-order valence-electron chi connectivity index (χ3n) is 7.17. The number of benzene rings is 2. The first kappa shape index (κ1) is 26.4. The van der Waals surface area contributed by atoms with Gasteiger partial charge in [-0.25, -0.2) is 13.8 Å². The van der Waals surface area contributed by atoms with Crippen molar-refractivity contribution in [3.63, 3.8) is 0 Å². The number of likely N-dealkylation sites (tertiary alicyclic amines) is 1. The lowest BCUT2D eigenvalue weighted by Crippen LogP contribution is -2.43. The molecule has 1 amide bonds. The molecule has 2 aromatic heterocycles. The highest BCUT2D eigenvalue weighted by molar-refractivity contribution is 5.94. The van der Waals surface area contributed by atoms with E-state index in [0.717, 1.165) is 43.6 Å². The lowest BCUT2D eigenvalue weighted by atomic mass is 10.0. The van der Waals surface area contributed by atoms with Crippen molar-refractivity contribution in [2.24, 2.45) is 0 Å². The van der Waals surface area contributed by atoms with E-state index >= 15 is 0 Å². The number of halogens is 2. The van der Waals surface area contributed by atoms with Gasteiger partial charge in [0.05, 0.1) is 12.6 Å². The maximum Gasteiger partial charge on any atom is 0.252 e. The fourth-order valence-corrected chi connectivity index (χ4v) is 4.76. The molecule has 1 saturated heterocycles. The molecule has 0 radical (unpaired) electrons. The molecule has 39 heavy (non-hydrogen) atoms. The SMILES string of the molecule is C[C@H](Nc1ncc2ccc(=O)n(Cc3c(F)cccc3F)c2n1)c1ccc(C(=O)NC2CCN(C)CC2)cc1. The average molecular weight is 533 g/mol. The summed E-state index contributed by atoms with van der Waals surface area (Å²) in [6.45, 7) is 3.57. The van der Waals surface area contributed by atoms with E-state index in [0.29, 0.717) is 10.9 Å². The fraction of sp³-hybridized carbons (Fsp3) is 0.310. The first-order valence-corrected chi connectivity index (χ1v) is 12.9. The summed E-state index contributed by atoms with van der Waals surface area (Å²) in [7, 11) is 2.08. The Balaban J connectivity index is 1.31. The van der Waals surface area contributed by atoms with Gasteiger partial charge in [0.25, 0.3) is 11.5 Å². The molecule has 1 aliphatic heterocycles. The van der Waals surface area contributed by atoms with Crippen LogP contribution in [0.15, 0.2) is 65.6 Å². The van der Waals surface area contributed by atoms with E-state index in [-0.39, 0.29) is 41.7 Å². The van der Waals surface area contributed by atoms with E-state index in [2.05, 4.69) is 32.5 Å². The van der Waals surface area contributed by atoms with Crippen LogP contribution < -0.4 is 16.2 Å². The molecule has 4 aromatic rings. The molecule has 8 nitrogen and oxygen atoms in total. The van der Waals surface area contributed by atoms with Gasteiger partial charge in [0.15, 0.2) is 0 Å². The molecule has 3 heterocycles. The number of hydrogen-bond donors (Lipinski definition) is 2. The highest BCUT2D eigenvalue weighted by atomic mass is 19.1. The molecule has 1 fully saturated rings. The number of amides is 1. The maximum absolute atomic E-state index is 14.3. The Morgan fingerprint density at radius 2 is 1.74 bits per heavy atom. The molecule has 10 heteroatoms. The zero-order valence-corrected chi connectivity index (χ0v) is 21.8. The third-order valence-corrected chi connectivity index (χ3v) is 7.17. The summed E-state index contributed by atoms with van der Waals surface area (Å²) in [5.74, 6) is -1.29. The Morgan fingerprint density at radius 3 is 2.44 bits per heavy atom. The highest BCUT2D eigenvalue weighted by Crippen LogP contribution is 2.21. The zero-order valence-electron chi connectivity index (χ0n) is 21.8. The molecule has 0 saturated carbocycles. The first-order valence-electron chi connectivity index (χ1n) is 12.9. The fourth-order valence-electron chi connectivity index (χ4n) is 4.76. The number of carbonyl (C=O) groups is 1. The van der Waals surface area contributed by atoms with Crippen molar-refractivity contribution in [1.82, 2.24) is 24.8 Å². The molecule has 0 aliphatic carbocycles. The van der Waals surface area contributed by atoms with Gasteiger partial charge >= 0.3 is 0 Å². The van der Waals surface area contributed by atoms with Crippen LogP contribution in [0.5, 0.6) is 0 Å². The van der Waals surface area contributed by atoms with E-state index in [1.807, 2.05) is 19.1 Å². The molecular weight excluding hydrogens is 502 g/mol. The summed E-state index contributed by atoms with van der Waals surface area (Å²) in [6, 6.07) is 13.8. The van der Waals surface area contributed by atoms with Crippen LogP contribution in [0.3, 0.4) is 0 Å². The van der Waals surface area contributed by atoms with Gasteiger partial charge in [0.2, 0.25) is 5.95 Å². The molecular formula is C29H30F2N6O2. The van der Waals surface area contributed by atoms with E-state index in [9.17, 15) is 18.4 Å². The van der Waals surface area contributed by atoms with Crippen molar-refractivity contribution in [2.45, 2.75) is 38.4 Å². The van der Waals surface area contributed by atoms with Gasteiger partial charge in [-0.05, 0) is 75.8 Å². The van der Waals surface area contributed by atoms with Crippen molar-refractivity contribution in [1.29, 1.82) is 0 Å². The smallest absolute Gasteiger partial charge is 0.252 e. The van der Waals surface area contributed by atoms with Crippen LogP contribution in [0, 0.1) is 11.6 Å². The number of nitrogens with zero attached hydrogens (tertiary/aromatic N) is 4. The van der Waals surface area contributed by atoms with Crippen LogP contribution in [0.2, 0.25) is 0 Å². The number of fused-ring (bicyclic) bond motifs is 1. The molecule has 2 aromatic carbocycles. The number of anilines is 1. The topological polar surface area (TPSA) is 92.1 Å². The molecule has 202 valence electrons. The van der Waals surface area contributed by atoms with E-state index < -0.39 is 17.2 Å². The van der Waals surface area contributed by atoms with Crippen LogP contribution in [-0.4, -0.2) is 51.5 Å². The third kappa shape index (κ3) is 5.96. The minimum Gasteiger partial charge on any atom is -0.349 e. The van der Waals surface area contributed by atoms with Crippen molar-refractivity contribution in [2.75, 3.05) is 25.5 Å². The molecule has 0 bridgehead atoms. The van der Waals surface area contributed by atoms with Gasteiger partial charge < -0.3 is 15.5 Å². The number of rotatable bonds is 7. The molecule has 1 atom stereocenters. The van der Waals surface area contributed by atoms with E-state index in [4.69, 9.17) is 0 Å². The van der Waals surface area contributed by atoms with Crippen LogP contribution >= 0.6 is 0 Å². The minimum absolute atomic E-state index is 0.0844. The summed E-state index contributed by atoms with van der Waals surface area (Å²) in [5.41, 5.74) is 1.12. The van der Waals surface area contributed by atoms with Crippen molar-refractivity contribution in [3.05, 3.63) is 99.5 Å². The Kier molecular flexibility index (Phi) is 7.65. The van der Waals surface area contributed by atoms with E-state index in [1.165, 1.54) is 16.7 Å². The van der Waals surface area contributed by atoms with Gasteiger partial charge in [-0.15, -0.1) is 0 Å². The summed E-state index contributed by atoms with van der Waals surface area (Å²) in [5, 5.41) is 6.89. The second-order valence-corrected chi connectivity index (χ2v) is 9.97. The largest absolute Gasteiger partial charge is 0.349 e. The van der Waals surface area contributed by atoms with Crippen LogP contribution in [0.4, 0.5) is 14.7 Å². The monoisotopic (exact) mass is 532 g/mol. The minimum atomic E-state index is -0.733. The van der Waals surface area contributed by atoms with Gasteiger partial charge in [-0.2, -0.15) is 4.98 Å². The van der Waals surface area contributed by atoms with E-state index in [1.54, 1.807) is 24.4 Å². The summed E-state index contributed by atoms with van der Waals surface area (Å²) in [6.07, 6.45) is 3.44. The highest BCUT2D eigenvalue weighted by Gasteiger charge is 2.19. The Bertz CT molecular complexity index is 1530. The second kappa shape index (κ2) is 11.3. The molecule has 0 spiro atoms. The predicted molar refractivity (Wildman–Crippen MR) is 146 cm³/mol. The average Bonchev–Trinajstić information content (AvgIpc) is 2.93. The van der Waals surface area contributed by atoms with Gasteiger partial charge in [-0.1, -0.05) is 18.2 Å². The zero-order chi connectivity index (χ0) is 27.5. The molecule has 1 aliphatic rings. The van der Waals surface area contributed by atoms with Gasteiger partial charge in [-0.3, -0.25) is 14.2 Å². The number of hydrogen-bond acceptors (Lipinski definition) is 6. The lowest BCUT2D eigenvalue weighted by Gasteiger charge is -2.29. The summed E-state index contributed by atoms with van der Waals surface area (Å²) >= 11 is 0. The predicted octanol–water partition coefficient (Wildman–Crippen LogP) is 4.12. The molecule has 2 N–H and O–H groups in total. The Hall–Kier alpha value is -4.18. The van der Waals surface area contributed by atoms with Crippen LogP contribution in [-0.2, 0) is 6.54 Å². The van der Waals surface area contributed by atoms with Crippen molar-refractivity contribution < 1.29 is 13.6 Å². The maximum atomic E-state index is 14.3. The number of aromatic nitrogens is 3. The summed E-state index contributed by atoms with van der Waals surface area (Å²) < 4.78 is 29.8. The standard InChI is InChI=1S/C29H30F2N6O2/c1-18(19-6-8-20(9-7-19)28(39)34-22-12-14-36(2)15-13-22)33-29-32-16-21-10-11-26(38)37(27(21)35-29)17-23-24(30)4-3-5-25(23)31/h3-11,16,18,22H,12-15,17H2,1-2H3,(H,34,39)(H,32,33,35)/t18-/m0/s1. The quantitative estimate of drug-likeness (QED) is 0.372. The molecule has 0 unspecified atom stereocenters. The Labute approximate surface area is 224 Å². The Morgan fingerprint density at radius 1 is 1.05 bits per heavy atom. The van der Waals surface area contributed by atoms with Crippen molar-refractivity contribution in [3.8, 4) is 0 Å². The number of piperidine rings is 1. The van der Waals surface area contributed by atoms with Crippen LogP contribution in [0.25, 0.3) is 11.0 Å².